The molecule has 1 heterocycles. The molecule has 0 aromatic heterocycles. The fourth-order valence-corrected chi connectivity index (χ4v) is 1.84. The van der Waals surface area contributed by atoms with Crippen molar-refractivity contribution in [3.8, 4) is 0 Å². The Hall–Kier alpha value is 0.0400. The van der Waals surface area contributed by atoms with Crippen molar-refractivity contribution in [1.29, 1.82) is 0 Å². The van der Waals surface area contributed by atoms with Crippen molar-refractivity contribution in [3.63, 3.8) is 0 Å². The third-order valence-corrected chi connectivity index (χ3v) is 2.84. The highest BCUT2D eigenvalue weighted by Gasteiger charge is 2.09. The quantitative estimate of drug-likeness (QED) is 0.857. The molecule has 2 nitrogen and oxygen atoms in total. The highest BCUT2D eigenvalue weighted by atomic mass is 79.9. The van der Waals surface area contributed by atoms with Crippen LogP contribution >= 0.6 is 40.7 Å². The molecular formula is C10H15BrCl2N2. The van der Waals surface area contributed by atoms with Gasteiger partial charge in [-0.3, -0.25) is 0 Å². The highest BCUT2D eigenvalue weighted by molar-refractivity contribution is 9.10. The zero-order chi connectivity index (χ0) is 9.10. The van der Waals surface area contributed by atoms with Gasteiger partial charge in [0.25, 0.3) is 0 Å². The Labute approximate surface area is 111 Å². The number of benzene rings is 1. The number of hydrogen-bond acceptors (Lipinski definition) is 2. The summed E-state index contributed by atoms with van der Waals surface area (Å²) in [6.45, 7) is 4.41. The van der Waals surface area contributed by atoms with Crippen LogP contribution in [0.1, 0.15) is 0 Å². The first kappa shape index (κ1) is 15.0. The molecule has 0 spiro atoms. The zero-order valence-corrected chi connectivity index (χ0v) is 11.5. The van der Waals surface area contributed by atoms with E-state index in [0.29, 0.717) is 0 Å². The van der Waals surface area contributed by atoms with E-state index in [0.717, 1.165) is 30.7 Å². The molecule has 1 aromatic rings. The van der Waals surface area contributed by atoms with Crippen molar-refractivity contribution < 1.29 is 0 Å². The van der Waals surface area contributed by atoms with Crippen LogP contribution in [-0.4, -0.2) is 26.2 Å². The van der Waals surface area contributed by atoms with E-state index in [4.69, 9.17) is 0 Å². The van der Waals surface area contributed by atoms with Crippen LogP contribution in [-0.2, 0) is 0 Å². The first-order chi connectivity index (χ1) is 6.36. The lowest BCUT2D eigenvalue weighted by Gasteiger charge is -2.29. The number of nitrogens with one attached hydrogen (secondary N) is 1. The van der Waals surface area contributed by atoms with Crippen molar-refractivity contribution in [2.75, 3.05) is 31.1 Å². The number of nitrogens with zero attached hydrogens (tertiary/aromatic N) is 1. The van der Waals surface area contributed by atoms with Gasteiger partial charge in [0, 0.05) is 36.3 Å². The first-order valence-corrected chi connectivity index (χ1v) is 5.37. The molecule has 86 valence electrons. The molecule has 5 heteroatoms. The molecule has 15 heavy (non-hydrogen) atoms. The third-order valence-electron chi connectivity index (χ3n) is 2.31. The number of hydrogen-bond donors (Lipinski definition) is 1. The summed E-state index contributed by atoms with van der Waals surface area (Å²) in [7, 11) is 0. The highest BCUT2D eigenvalue weighted by Crippen LogP contribution is 2.18. The third kappa shape index (κ3) is 4.19. The van der Waals surface area contributed by atoms with E-state index in [1.54, 1.807) is 0 Å². The fraction of sp³-hybridized carbons (Fsp3) is 0.400. The van der Waals surface area contributed by atoms with Crippen molar-refractivity contribution in [3.05, 3.63) is 28.7 Å². The Kier molecular flexibility index (Phi) is 7.36. The molecular weight excluding hydrogens is 299 g/mol. The Morgan fingerprint density at radius 1 is 1.00 bits per heavy atom. The zero-order valence-electron chi connectivity index (χ0n) is 8.28. The molecule has 0 aliphatic carbocycles. The van der Waals surface area contributed by atoms with E-state index in [9.17, 15) is 0 Å². The van der Waals surface area contributed by atoms with Crippen molar-refractivity contribution in [1.82, 2.24) is 5.32 Å². The largest absolute Gasteiger partial charge is 0.369 e. The SMILES string of the molecule is Brc1ccc(N2CCNCC2)cc1.Cl.Cl. The lowest BCUT2D eigenvalue weighted by atomic mass is 10.2. The molecule has 1 aromatic carbocycles. The molecule has 1 aliphatic heterocycles. The van der Waals surface area contributed by atoms with Gasteiger partial charge in [-0.25, -0.2) is 0 Å². The molecule has 1 N–H and O–H groups in total. The molecule has 0 atom stereocenters. The van der Waals surface area contributed by atoms with E-state index in [1.165, 1.54) is 5.69 Å². The molecule has 0 bridgehead atoms. The second-order valence-electron chi connectivity index (χ2n) is 3.21. The lowest BCUT2D eigenvalue weighted by molar-refractivity contribution is 0.589. The minimum absolute atomic E-state index is 0. The maximum Gasteiger partial charge on any atom is 0.0367 e. The van der Waals surface area contributed by atoms with Gasteiger partial charge < -0.3 is 10.2 Å². The van der Waals surface area contributed by atoms with Gasteiger partial charge in [-0.15, -0.1) is 24.8 Å². The Balaban J connectivity index is 0.000000980. The average Bonchev–Trinajstić information content (AvgIpc) is 2.20. The minimum atomic E-state index is 0. The topological polar surface area (TPSA) is 15.3 Å². The predicted molar refractivity (Wildman–Crippen MR) is 73.7 cm³/mol. The molecule has 0 saturated carbocycles. The monoisotopic (exact) mass is 312 g/mol. The number of piperazine rings is 1. The van der Waals surface area contributed by atoms with Crippen molar-refractivity contribution in [2.24, 2.45) is 0 Å². The summed E-state index contributed by atoms with van der Waals surface area (Å²) in [6, 6.07) is 8.51. The molecule has 2 rings (SSSR count). The maximum absolute atomic E-state index is 3.44. The summed E-state index contributed by atoms with van der Waals surface area (Å²) < 4.78 is 1.14. The fourth-order valence-electron chi connectivity index (χ4n) is 1.57. The van der Waals surface area contributed by atoms with Gasteiger partial charge in [-0.05, 0) is 24.3 Å². The smallest absolute Gasteiger partial charge is 0.0367 e. The van der Waals surface area contributed by atoms with Crippen molar-refractivity contribution >= 4 is 46.4 Å². The van der Waals surface area contributed by atoms with E-state index in [1.807, 2.05) is 0 Å². The maximum atomic E-state index is 3.44. The van der Waals surface area contributed by atoms with E-state index >= 15 is 0 Å². The van der Waals surface area contributed by atoms with Crippen LogP contribution in [0.25, 0.3) is 0 Å². The Morgan fingerprint density at radius 3 is 2.07 bits per heavy atom. The molecule has 0 unspecified atom stereocenters. The van der Waals surface area contributed by atoms with Crippen LogP contribution in [0.15, 0.2) is 28.7 Å². The summed E-state index contributed by atoms with van der Waals surface area (Å²) in [5.74, 6) is 0. The second-order valence-corrected chi connectivity index (χ2v) is 4.13. The number of rotatable bonds is 1. The Bertz CT molecular complexity index is 273. The summed E-state index contributed by atoms with van der Waals surface area (Å²) >= 11 is 3.44. The minimum Gasteiger partial charge on any atom is -0.369 e. The van der Waals surface area contributed by atoms with Gasteiger partial charge >= 0.3 is 0 Å². The summed E-state index contributed by atoms with van der Waals surface area (Å²) in [4.78, 5) is 2.41. The van der Waals surface area contributed by atoms with Gasteiger partial charge in [0.15, 0.2) is 0 Å². The Morgan fingerprint density at radius 2 is 1.53 bits per heavy atom. The molecule has 0 radical (unpaired) electrons. The first-order valence-electron chi connectivity index (χ1n) is 4.57. The van der Waals surface area contributed by atoms with Crippen LogP contribution in [0.5, 0.6) is 0 Å². The number of anilines is 1. The number of halogens is 3. The van der Waals surface area contributed by atoms with Gasteiger partial charge in [0.05, 0.1) is 0 Å². The molecule has 1 saturated heterocycles. The van der Waals surface area contributed by atoms with Gasteiger partial charge in [0.2, 0.25) is 0 Å². The summed E-state index contributed by atoms with van der Waals surface area (Å²) in [5.41, 5.74) is 1.32. The second kappa shape index (κ2) is 7.34. The van der Waals surface area contributed by atoms with Crippen LogP contribution in [0.4, 0.5) is 5.69 Å². The van der Waals surface area contributed by atoms with Crippen molar-refractivity contribution in [2.45, 2.75) is 0 Å². The normalized spacial score (nSPS) is 15.1. The van der Waals surface area contributed by atoms with E-state index < -0.39 is 0 Å². The van der Waals surface area contributed by atoms with E-state index in [-0.39, 0.29) is 24.8 Å². The van der Waals surface area contributed by atoms with Crippen LogP contribution < -0.4 is 10.2 Å². The average molecular weight is 314 g/mol. The predicted octanol–water partition coefficient (Wildman–Crippen LogP) is 2.70. The molecule has 0 amide bonds. The summed E-state index contributed by atoms with van der Waals surface area (Å²) in [5, 5.41) is 3.34. The lowest BCUT2D eigenvalue weighted by Crippen LogP contribution is -2.43. The van der Waals surface area contributed by atoms with Crippen LogP contribution in [0.2, 0.25) is 0 Å². The molecule has 1 fully saturated rings. The standard InChI is InChI=1S/C10H13BrN2.2ClH/c11-9-1-3-10(4-2-9)13-7-5-12-6-8-13;;/h1-4,12H,5-8H2;2*1H. The van der Waals surface area contributed by atoms with E-state index in [2.05, 4.69) is 50.4 Å². The molecule has 1 aliphatic rings. The summed E-state index contributed by atoms with van der Waals surface area (Å²) in [6.07, 6.45) is 0. The van der Waals surface area contributed by atoms with Gasteiger partial charge in [-0.2, -0.15) is 0 Å². The van der Waals surface area contributed by atoms with Crippen LogP contribution in [0.3, 0.4) is 0 Å². The van der Waals surface area contributed by atoms with Gasteiger partial charge in [0.1, 0.15) is 0 Å². The van der Waals surface area contributed by atoms with Crippen LogP contribution in [0, 0.1) is 0 Å². The van der Waals surface area contributed by atoms with Gasteiger partial charge in [-0.1, -0.05) is 15.9 Å².